The first-order valence-electron chi connectivity index (χ1n) is 10.9. The van der Waals surface area contributed by atoms with Crippen LogP contribution in [0.25, 0.3) is 0 Å². The van der Waals surface area contributed by atoms with E-state index in [-0.39, 0.29) is 5.97 Å². The highest BCUT2D eigenvalue weighted by Gasteiger charge is 1.96. The Balaban J connectivity index is 3.17. The molecule has 3 heteroatoms. The maximum atomic E-state index is 10.9. The van der Waals surface area contributed by atoms with Gasteiger partial charge in [0.1, 0.15) is 0 Å². The Morgan fingerprint density at radius 2 is 1.38 bits per heavy atom. The first kappa shape index (κ1) is 25.3. The van der Waals surface area contributed by atoms with E-state index in [0.29, 0.717) is 6.42 Å². The topological polar surface area (TPSA) is 26.3 Å². The summed E-state index contributed by atoms with van der Waals surface area (Å²) in [5, 5.41) is 2.05. The second kappa shape index (κ2) is 22.4. The number of allylic oxidation sites excluding steroid dienone is 1. The Kier molecular flexibility index (Phi) is 21.8. The van der Waals surface area contributed by atoms with Gasteiger partial charge in [0.25, 0.3) is 0 Å². The maximum Gasteiger partial charge on any atom is 0.305 e. The highest BCUT2D eigenvalue weighted by molar-refractivity contribution is 8.02. The normalized spacial score (nSPS) is 10.4. The zero-order valence-corrected chi connectivity index (χ0v) is 18.2. The largest absolute Gasteiger partial charge is 0.469 e. The lowest BCUT2D eigenvalue weighted by molar-refractivity contribution is -0.140. The zero-order chi connectivity index (χ0) is 19.1. The van der Waals surface area contributed by atoms with Crippen molar-refractivity contribution in [2.45, 2.75) is 110 Å². The minimum absolute atomic E-state index is 0.126. The molecule has 0 amide bonds. The number of carbonyl (C=O) groups excluding carboxylic acids is 1. The van der Waals surface area contributed by atoms with Crippen molar-refractivity contribution in [2.24, 2.45) is 0 Å². The smallest absolute Gasteiger partial charge is 0.305 e. The minimum atomic E-state index is -0.126. The van der Waals surface area contributed by atoms with Crippen molar-refractivity contribution >= 4 is 17.7 Å². The number of unbranched alkanes of at least 4 members (excludes halogenated alkanes) is 13. The summed E-state index contributed by atoms with van der Waals surface area (Å²) in [6.07, 6.45) is 22.6. The molecule has 0 aromatic carbocycles. The van der Waals surface area contributed by atoms with Crippen molar-refractivity contribution in [1.82, 2.24) is 0 Å². The third kappa shape index (κ3) is 21.4. The van der Waals surface area contributed by atoms with Gasteiger partial charge in [-0.05, 0) is 31.1 Å². The fourth-order valence-corrected chi connectivity index (χ4v) is 3.57. The molecule has 0 aromatic heterocycles. The van der Waals surface area contributed by atoms with Gasteiger partial charge < -0.3 is 4.74 Å². The SMILES string of the molecule is CCCCCCCCCCCCCCCSC=C=CCCCC(=O)OC. The van der Waals surface area contributed by atoms with Gasteiger partial charge in [0.15, 0.2) is 0 Å². The van der Waals surface area contributed by atoms with Gasteiger partial charge >= 0.3 is 5.97 Å². The molecule has 0 bridgehead atoms. The second-order valence-electron chi connectivity index (χ2n) is 7.07. The van der Waals surface area contributed by atoms with E-state index in [1.165, 1.54) is 96.3 Å². The van der Waals surface area contributed by atoms with E-state index in [2.05, 4.69) is 22.8 Å². The van der Waals surface area contributed by atoms with E-state index in [0.717, 1.165) is 12.8 Å². The predicted molar refractivity (Wildman–Crippen MR) is 117 cm³/mol. The lowest BCUT2D eigenvalue weighted by atomic mass is 10.1. The molecule has 152 valence electrons. The molecule has 0 spiro atoms. The number of ether oxygens (including phenoxy) is 1. The number of thioether (sulfide) groups is 1. The van der Waals surface area contributed by atoms with Gasteiger partial charge in [-0.3, -0.25) is 4.79 Å². The van der Waals surface area contributed by atoms with Gasteiger partial charge in [-0.1, -0.05) is 84.0 Å². The van der Waals surface area contributed by atoms with Crippen LogP contribution in [0.2, 0.25) is 0 Å². The third-order valence-electron chi connectivity index (χ3n) is 4.59. The fourth-order valence-electron chi connectivity index (χ4n) is 2.89. The number of esters is 1. The molecular formula is C23H42O2S. The number of hydrogen-bond donors (Lipinski definition) is 0. The van der Waals surface area contributed by atoms with Crippen LogP contribution in [-0.2, 0) is 9.53 Å². The minimum Gasteiger partial charge on any atom is -0.469 e. The highest BCUT2D eigenvalue weighted by atomic mass is 32.2. The van der Waals surface area contributed by atoms with Crippen molar-refractivity contribution < 1.29 is 9.53 Å². The lowest BCUT2D eigenvalue weighted by Crippen LogP contribution is -1.98. The summed E-state index contributed by atoms with van der Waals surface area (Å²) in [5.41, 5.74) is 3.18. The fraction of sp³-hybridized carbons (Fsp3) is 0.826. The monoisotopic (exact) mass is 382 g/mol. The average Bonchev–Trinajstić information content (AvgIpc) is 2.66. The van der Waals surface area contributed by atoms with Gasteiger partial charge in [0.05, 0.1) is 7.11 Å². The molecule has 0 unspecified atom stereocenters. The van der Waals surface area contributed by atoms with Crippen molar-refractivity contribution in [3.8, 4) is 0 Å². The van der Waals surface area contributed by atoms with Crippen LogP contribution in [0.3, 0.4) is 0 Å². The van der Waals surface area contributed by atoms with Crippen molar-refractivity contribution in [3.63, 3.8) is 0 Å². The van der Waals surface area contributed by atoms with Crippen LogP contribution >= 0.6 is 11.8 Å². The lowest BCUT2D eigenvalue weighted by Gasteiger charge is -2.02. The Bertz CT molecular complexity index is 359. The van der Waals surface area contributed by atoms with Crippen LogP contribution < -0.4 is 0 Å². The summed E-state index contributed by atoms with van der Waals surface area (Å²) >= 11 is 1.85. The summed E-state index contributed by atoms with van der Waals surface area (Å²) in [7, 11) is 1.44. The maximum absolute atomic E-state index is 10.9. The number of rotatable bonds is 19. The van der Waals surface area contributed by atoms with Gasteiger partial charge in [-0.25, -0.2) is 0 Å². The van der Waals surface area contributed by atoms with Gasteiger partial charge in [-0.15, -0.1) is 17.5 Å². The molecule has 0 aliphatic carbocycles. The Morgan fingerprint density at radius 3 is 1.92 bits per heavy atom. The Hall–Kier alpha value is -0.660. The molecule has 0 aliphatic heterocycles. The standard InChI is InChI=1S/C23H42O2S/c1-3-4-5-6-7-8-9-10-11-12-13-15-18-21-26-22-19-16-14-17-20-23(24)25-2/h16,22H,3-15,17-18,20-21H2,1-2H3. The Morgan fingerprint density at radius 1 is 0.846 bits per heavy atom. The van der Waals surface area contributed by atoms with E-state index < -0.39 is 0 Å². The molecule has 26 heavy (non-hydrogen) atoms. The molecule has 0 aliphatic rings. The molecule has 0 rings (SSSR count). The molecule has 2 nitrogen and oxygen atoms in total. The van der Waals surface area contributed by atoms with E-state index in [1.54, 1.807) is 0 Å². The van der Waals surface area contributed by atoms with E-state index in [1.807, 2.05) is 17.8 Å². The van der Waals surface area contributed by atoms with Crippen LogP contribution in [0, 0.1) is 0 Å². The molecule has 0 aromatic rings. The zero-order valence-electron chi connectivity index (χ0n) is 17.4. The number of carbonyl (C=O) groups is 1. The van der Waals surface area contributed by atoms with Gasteiger partial charge in [-0.2, -0.15) is 0 Å². The highest BCUT2D eigenvalue weighted by Crippen LogP contribution is 2.13. The molecule has 0 saturated carbocycles. The van der Waals surface area contributed by atoms with Crippen LogP contribution in [0.4, 0.5) is 0 Å². The summed E-state index contributed by atoms with van der Waals surface area (Å²) in [5.74, 6) is 1.07. The first-order chi connectivity index (χ1) is 12.8. The molecule has 0 fully saturated rings. The molecule has 0 atom stereocenters. The predicted octanol–water partition coefficient (Wildman–Crippen LogP) is 7.82. The van der Waals surface area contributed by atoms with Crippen molar-refractivity contribution in [3.05, 3.63) is 17.2 Å². The summed E-state index contributed by atoms with van der Waals surface area (Å²) in [6.45, 7) is 2.28. The molecule has 0 saturated heterocycles. The third-order valence-corrected chi connectivity index (χ3v) is 5.42. The first-order valence-corrected chi connectivity index (χ1v) is 11.9. The van der Waals surface area contributed by atoms with Crippen molar-refractivity contribution in [2.75, 3.05) is 12.9 Å². The molecular weight excluding hydrogens is 340 g/mol. The number of hydrogen-bond acceptors (Lipinski definition) is 3. The number of methoxy groups -OCH3 is 1. The summed E-state index contributed by atoms with van der Waals surface area (Å²) < 4.78 is 4.61. The molecule has 0 heterocycles. The van der Waals surface area contributed by atoms with E-state index in [4.69, 9.17) is 0 Å². The quantitative estimate of drug-likeness (QED) is 0.129. The molecule has 0 N–H and O–H groups in total. The van der Waals surface area contributed by atoms with E-state index >= 15 is 0 Å². The van der Waals surface area contributed by atoms with Gasteiger partial charge in [0, 0.05) is 11.8 Å². The van der Waals surface area contributed by atoms with Crippen molar-refractivity contribution in [1.29, 1.82) is 0 Å². The van der Waals surface area contributed by atoms with Crippen LogP contribution in [-0.4, -0.2) is 18.8 Å². The summed E-state index contributed by atoms with van der Waals surface area (Å²) in [4.78, 5) is 10.9. The van der Waals surface area contributed by atoms with Crippen LogP contribution in [0.1, 0.15) is 110 Å². The summed E-state index contributed by atoms with van der Waals surface area (Å²) in [6, 6.07) is 0. The van der Waals surface area contributed by atoms with Crippen LogP contribution in [0.15, 0.2) is 17.2 Å². The second-order valence-corrected chi connectivity index (χ2v) is 8.05. The Labute approximate surface area is 167 Å². The average molecular weight is 383 g/mol. The van der Waals surface area contributed by atoms with Crippen LogP contribution in [0.5, 0.6) is 0 Å². The molecule has 0 radical (unpaired) electrons. The van der Waals surface area contributed by atoms with Gasteiger partial charge in [0.2, 0.25) is 0 Å². The van der Waals surface area contributed by atoms with E-state index in [9.17, 15) is 4.79 Å².